The molecule has 1 saturated heterocycles. The normalized spacial score (nSPS) is 16.9. The fourth-order valence-electron chi connectivity index (χ4n) is 4.61. The lowest BCUT2D eigenvalue weighted by Gasteiger charge is -2.27. The van der Waals surface area contributed by atoms with Crippen molar-refractivity contribution in [3.05, 3.63) is 86.9 Å². The molecule has 0 aromatic heterocycles. The molecule has 1 heterocycles. The van der Waals surface area contributed by atoms with Gasteiger partial charge in [-0.25, -0.2) is 0 Å². The molecular weight excluding hydrogens is 541 g/mol. The first-order valence-corrected chi connectivity index (χ1v) is 12.9. The van der Waals surface area contributed by atoms with E-state index in [0.29, 0.717) is 17.0 Å². The van der Waals surface area contributed by atoms with Crippen molar-refractivity contribution >= 4 is 46.3 Å². The van der Waals surface area contributed by atoms with Crippen LogP contribution < -0.4 is 19.1 Å². The number of ketones is 1. The van der Waals surface area contributed by atoms with Crippen LogP contribution >= 0.6 is 23.2 Å². The third-order valence-corrected chi connectivity index (χ3v) is 7.31. The predicted octanol–water partition coefficient (Wildman–Crippen LogP) is 6.94. The van der Waals surface area contributed by atoms with Gasteiger partial charge in [0.2, 0.25) is 0 Å². The number of carbonyl (C=O) groups is 2. The number of hydrogen-bond donors (Lipinski definition) is 1. The number of hydrogen-bond acceptors (Lipinski definition) is 6. The van der Waals surface area contributed by atoms with Gasteiger partial charge >= 0.3 is 0 Å². The van der Waals surface area contributed by atoms with Gasteiger partial charge in [-0.15, -0.1) is 0 Å². The molecule has 39 heavy (non-hydrogen) atoms. The molecule has 1 atom stereocenters. The average Bonchev–Trinajstić information content (AvgIpc) is 3.18. The number of halogens is 2. The molecule has 1 amide bonds. The zero-order valence-corrected chi connectivity index (χ0v) is 24.0. The van der Waals surface area contributed by atoms with Gasteiger partial charge in [-0.05, 0) is 46.9 Å². The monoisotopic (exact) mass is 569 g/mol. The first-order chi connectivity index (χ1) is 18.4. The number of carbonyl (C=O) groups excluding carboxylic acids is 2. The smallest absolute Gasteiger partial charge is 0.300 e. The minimum Gasteiger partial charge on any atom is -0.507 e. The molecule has 9 heteroatoms. The second kappa shape index (κ2) is 10.8. The van der Waals surface area contributed by atoms with Gasteiger partial charge in [0.1, 0.15) is 16.5 Å². The van der Waals surface area contributed by atoms with Crippen LogP contribution in [0.1, 0.15) is 43.5 Å². The van der Waals surface area contributed by atoms with Crippen LogP contribution in [0.2, 0.25) is 10.0 Å². The number of rotatable bonds is 6. The molecule has 0 spiro atoms. The first kappa shape index (κ1) is 28.3. The van der Waals surface area contributed by atoms with Gasteiger partial charge in [0, 0.05) is 5.69 Å². The molecule has 0 radical (unpaired) electrons. The van der Waals surface area contributed by atoms with E-state index in [4.69, 9.17) is 37.4 Å². The highest BCUT2D eigenvalue weighted by Crippen LogP contribution is 2.48. The Morgan fingerprint density at radius 3 is 1.97 bits per heavy atom. The highest BCUT2D eigenvalue weighted by Gasteiger charge is 2.47. The van der Waals surface area contributed by atoms with Crippen LogP contribution in [0.5, 0.6) is 17.2 Å². The summed E-state index contributed by atoms with van der Waals surface area (Å²) in [5.74, 6) is -1.33. The van der Waals surface area contributed by atoms with Gasteiger partial charge < -0.3 is 19.3 Å². The summed E-state index contributed by atoms with van der Waals surface area (Å²) in [5, 5.41) is 11.7. The second-order valence-corrected chi connectivity index (χ2v) is 10.8. The molecular formula is C30H29Cl2NO6. The number of amides is 1. The average molecular weight is 570 g/mol. The van der Waals surface area contributed by atoms with Crippen LogP contribution in [0.25, 0.3) is 5.76 Å². The van der Waals surface area contributed by atoms with Crippen molar-refractivity contribution in [1.82, 2.24) is 0 Å². The van der Waals surface area contributed by atoms with Gasteiger partial charge in [-0.1, -0.05) is 68.2 Å². The van der Waals surface area contributed by atoms with Crippen LogP contribution in [0.3, 0.4) is 0 Å². The lowest BCUT2D eigenvalue weighted by Crippen LogP contribution is -2.29. The molecule has 1 fully saturated rings. The molecule has 1 N–H and O–H groups in total. The van der Waals surface area contributed by atoms with Gasteiger partial charge in [-0.3, -0.25) is 14.5 Å². The van der Waals surface area contributed by atoms with Crippen LogP contribution in [-0.4, -0.2) is 38.1 Å². The highest BCUT2D eigenvalue weighted by atomic mass is 35.5. The summed E-state index contributed by atoms with van der Waals surface area (Å²) in [6.07, 6.45) is 0. The summed E-state index contributed by atoms with van der Waals surface area (Å²) in [7, 11) is 4.30. The Kier molecular flexibility index (Phi) is 7.87. The van der Waals surface area contributed by atoms with Gasteiger partial charge in [0.25, 0.3) is 11.7 Å². The third-order valence-electron chi connectivity index (χ3n) is 6.68. The number of Topliss-reactive ketones (excluding diaryl/α,β-unsaturated/α-hetero) is 1. The maximum absolute atomic E-state index is 13.6. The zero-order valence-electron chi connectivity index (χ0n) is 22.5. The summed E-state index contributed by atoms with van der Waals surface area (Å²) in [6, 6.07) is 14.8. The molecule has 204 valence electrons. The molecule has 3 aromatic carbocycles. The fraction of sp³-hybridized carbons (Fsp3) is 0.267. The van der Waals surface area contributed by atoms with E-state index < -0.39 is 23.5 Å². The summed E-state index contributed by atoms with van der Waals surface area (Å²) in [6.45, 7) is 6.26. The quantitative estimate of drug-likeness (QED) is 0.196. The second-order valence-electron chi connectivity index (χ2n) is 10.0. The Hall–Kier alpha value is -3.68. The Balaban J connectivity index is 1.98. The van der Waals surface area contributed by atoms with Crippen molar-refractivity contribution in [3.63, 3.8) is 0 Å². The molecule has 4 rings (SSSR count). The molecule has 0 aliphatic carbocycles. The van der Waals surface area contributed by atoms with E-state index >= 15 is 0 Å². The minimum absolute atomic E-state index is 0.0158. The van der Waals surface area contributed by atoms with Crippen molar-refractivity contribution in [2.45, 2.75) is 32.2 Å². The molecule has 1 aliphatic heterocycles. The van der Waals surface area contributed by atoms with Crippen molar-refractivity contribution in [2.24, 2.45) is 0 Å². The maximum atomic E-state index is 13.6. The Bertz CT molecular complexity index is 1460. The van der Waals surface area contributed by atoms with Crippen molar-refractivity contribution in [3.8, 4) is 17.2 Å². The Morgan fingerprint density at radius 1 is 0.872 bits per heavy atom. The van der Waals surface area contributed by atoms with Gasteiger partial charge in [0.05, 0.1) is 43.5 Å². The molecule has 1 unspecified atom stereocenters. The predicted molar refractivity (Wildman–Crippen MR) is 152 cm³/mol. The number of aliphatic hydroxyl groups excluding tert-OH is 1. The zero-order chi connectivity index (χ0) is 28.6. The SMILES string of the molecule is COc1ccc(C2/C(=C(\O)c3cc(Cl)c(OC)c(Cl)c3OC)C(=O)C(=O)N2c2ccc(C(C)(C)C)cc2)cc1. The maximum Gasteiger partial charge on any atom is 0.300 e. The largest absolute Gasteiger partial charge is 0.507 e. The third kappa shape index (κ3) is 5.04. The number of aliphatic hydroxyl groups is 1. The first-order valence-electron chi connectivity index (χ1n) is 12.1. The number of anilines is 1. The summed E-state index contributed by atoms with van der Waals surface area (Å²) in [4.78, 5) is 28.5. The summed E-state index contributed by atoms with van der Waals surface area (Å²) >= 11 is 12.8. The van der Waals surface area contributed by atoms with E-state index in [1.807, 2.05) is 12.1 Å². The summed E-state index contributed by atoms with van der Waals surface area (Å²) in [5.41, 5.74) is 1.96. The van der Waals surface area contributed by atoms with E-state index in [1.165, 1.54) is 25.2 Å². The van der Waals surface area contributed by atoms with E-state index in [1.54, 1.807) is 43.5 Å². The number of methoxy groups -OCH3 is 3. The van der Waals surface area contributed by atoms with Crippen molar-refractivity contribution in [2.75, 3.05) is 26.2 Å². The lowest BCUT2D eigenvalue weighted by molar-refractivity contribution is -0.132. The highest BCUT2D eigenvalue weighted by molar-refractivity contribution is 6.52. The van der Waals surface area contributed by atoms with E-state index in [-0.39, 0.29) is 38.1 Å². The molecule has 1 aliphatic rings. The van der Waals surface area contributed by atoms with E-state index in [9.17, 15) is 14.7 Å². The molecule has 7 nitrogen and oxygen atoms in total. The minimum atomic E-state index is -0.958. The van der Waals surface area contributed by atoms with Crippen LogP contribution in [0.4, 0.5) is 5.69 Å². The van der Waals surface area contributed by atoms with Crippen molar-refractivity contribution < 1.29 is 28.9 Å². The van der Waals surface area contributed by atoms with Crippen LogP contribution in [0.15, 0.2) is 60.2 Å². The summed E-state index contributed by atoms with van der Waals surface area (Å²) < 4.78 is 16.0. The molecule has 3 aromatic rings. The molecule has 0 saturated carbocycles. The Morgan fingerprint density at radius 2 is 1.46 bits per heavy atom. The van der Waals surface area contributed by atoms with Crippen molar-refractivity contribution in [1.29, 1.82) is 0 Å². The number of nitrogens with zero attached hydrogens (tertiary/aromatic N) is 1. The van der Waals surface area contributed by atoms with Gasteiger partial charge in [0.15, 0.2) is 11.5 Å². The topological polar surface area (TPSA) is 85.3 Å². The number of ether oxygens (including phenoxy) is 3. The van der Waals surface area contributed by atoms with E-state index in [2.05, 4.69) is 20.8 Å². The van der Waals surface area contributed by atoms with Crippen LogP contribution in [-0.2, 0) is 15.0 Å². The number of benzene rings is 3. The van der Waals surface area contributed by atoms with E-state index in [0.717, 1.165) is 5.56 Å². The molecule has 0 bridgehead atoms. The fourth-order valence-corrected chi connectivity index (χ4v) is 5.30. The van der Waals surface area contributed by atoms with Crippen LogP contribution in [0, 0.1) is 0 Å². The standard InChI is InChI=1S/C30H29Cl2NO6/c1-30(2,3)17-9-11-18(12-10-17)33-24(16-7-13-19(37-4)14-8-16)22(26(35)29(33)36)25(34)20-15-21(31)28(39-6)23(32)27(20)38-5/h7-15,24,34H,1-6H3/b25-22+. The Labute approximate surface area is 237 Å². The van der Waals surface area contributed by atoms with Gasteiger partial charge in [-0.2, -0.15) is 0 Å². The lowest BCUT2D eigenvalue weighted by atomic mass is 9.87.